The number of halogens is 1. The molecule has 3 amide bonds. The summed E-state index contributed by atoms with van der Waals surface area (Å²) in [6, 6.07) is 15.7. The first-order valence-electron chi connectivity index (χ1n) is 12.4. The molecule has 0 bridgehead atoms. The van der Waals surface area contributed by atoms with Crippen molar-refractivity contribution in [1.29, 1.82) is 0 Å². The van der Waals surface area contributed by atoms with Crippen molar-refractivity contribution < 1.29 is 18.8 Å². The van der Waals surface area contributed by atoms with E-state index in [2.05, 4.69) is 0 Å². The summed E-state index contributed by atoms with van der Waals surface area (Å²) in [5, 5.41) is 0. The Bertz CT molecular complexity index is 1080. The van der Waals surface area contributed by atoms with E-state index in [-0.39, 0.29) is 36.3 Å². The van der Waals surface area contributed by atoms with Crippen LogP contribution in [0.5, 0.6) is 0 Å². The zero-order valence-electron chi connectivity index (χ0n) is 19.4. The summed E-state index contributed by atoms with van der Waals surface area (Å²) in [6.07, 6.45) is 5.33. The molecule has 6 heteroatoms. The van der Waals surface area contributed by atoms with Crippen molar-refractivity contribution in [2.24, 2.45) is 5.92 Å². The molecule has 2 aliphatic carbocycles. The lowest BCUT2D eigenvalue weighted by Gasteiger charge is -2.32. The van der Waals surface area contributed by atoms with Crippen molar-refractivity contribution in [3.8, 4) is 0 Å². The fourth-order valence-corrected chi connectivity index (χ4v) is 5.63. The van der Waals surface area contributed by atoms with E-state index in [4.69, 9.17) is 0 Å². The Morgan fingerprint density at radius 2 is 1.65 bits per heavy atom. The standard InChI is InChI=1S/C28H31FN2O3/c29-24-13-7-6-12-23(24)28(17-26(33)31(27(28)34)22-10-4-5-11-22)16-25(32)30(19-21-14-15-21)18-20-8-2-1-3-9-20/h1-3,6-9,12-13,21-22H,4-5,10-11,14-19H2/t28-/m0/s1. The smallest absolute Gasteiger partial charge is 0.241 e. The molecule has 0 radical (unpaired) electrons. The van der Waals surface area contributed by atoms with E-state index in [0.717, 1.165) is 44.1 Å². The van der Waals surface area contributed by atoms with Crippen LogP contribution >= 0.6 is 0 Å². The van der Waals surface area contributed by atoms with Gasteiger partial charge in [-0.25, -0.2) is 4.39 Å². The number of benzene rings is 2. The summed E-state index contributed by atoms with van der Waals surface area (Å²) < 4.78 is 15.1. The molecule has 1 heterocycles. The number of carbonyl (C=O) groups excluding carboxylic acids is 3. The number of rotatable bonds is 8. The minimum absolute atomic E-state index is 0.143. The molecule has 2 aromatic carbocycles. The molecule has 1 aliphatic heterocycles. The van der Waals surface area contributed by atoms with Crippen LogP contribution in [0.2, 0.25) is 0 Å². The first-order valence-corrected chi connectivity index (χ1v) is 12.4. The second kappa shape index (κ2) is 9.32. The maximum Gasteiger partial charge on any atom is 0.241 e. The van der Waals surface area contributed by atoms with Crippen molar-refractivity contribution in [2.45, 2.75) is 69.4 Å². The molecule has 178 valence electrons. The third kappa shape index (κ3) is 4.38. The summed E-state index contributed by atoms with van der Waals surface area (Å²) in [4.78, 5) is 44.0. The molecule has 0 N–H and O–H groups in total. The molecule has 5 rings (SSSR count). The predicted octanol–water partition coefficient (Wildman–Crippen LogP) is 4.59. The van der Waals surface area contributed by atoms with E-state index in [0.29, 0.717) is 19.0 Å². The summed E-state index contributed by atoms with van der Waals surface area (Å²) in [5.74, 6) is -0.971. The minimum atomic E-state index is -1.49. The first kappa shape index (κ1) is 22.8. The van der Waals surface area contributed by atoms with Crippen LogP contribution in [0.3, 0.4) is 0 Å². The van der Waals surface area contributed by atoms with Crippen LogP contribution in [0.1, 0.15) is 62.5 Å². The molecule has 0 spiro atoms. The van der Waals surface area contributed by atoms with Gasteiger partial charge in [-0.3, -0.25) is 19.3 Å². The van der Waals surface area contributed by atoms with Crippen LogP contribution in [0.25, 0.3) is 0 Å². The molecule has 5 nitrogen and oxygen atoms in total. The van der Waals surface area contributed by atoms with Crippen LogP contribution < -0.4 is 0 Å². The van der Waals surface area contributed by atoms with E-state index in [1.54, 1.807) is 23.1 Å². The highest BCUT2D eigenvalue weighted by Gasteiger charge is 2.57. The van der Waals surface area contributed by atoms with Gasteiger partial charge in [0.2, 0.25) is 17.7 Å². The zero-order chi connectivity index (χ0) is 23.7. The Kier molecular flexibility index (Phi) is 6.24. The minimum Gasteiger partial charge on any atom is -0.338 e. The van der Waals surface area contributed by atoms with Crippen molar-refractivity contribution in [2.75, 3.05) is 6.54 Å². The topological polar surface area (TPSA) is 57.7 Å². The monoisotopic (exact) mass is 462 g/mol. The molecular weight excluding hydrogens is 431 g/mol. The molecule has 2 aromatic rings. The third-order valence-corrected chi connectivity index (χ3v) is 7.63. The number of likely N-dealkylation sites (tertiary alicyclic amines) is 1. The van der Waals surface area contributed by atoms with Gasteiger partial charge in [0, 0.05) is 37.5 Å². The van der Waals surface area contributed by atoms with Gasteiger partial charge in [-0.2, -0.15) is 0 Å². The van der Waals surface area contributed by atoms with Crippen LogP contribution in [0, 0.1) is 11.7 Å². The number of hydrogen-bond acceptors (Lipinski definition) is 3. The second-order valence-corrected chi connectivity index (χ2v) is 10.1. The molecule has 3 fully saturated rings. The van der Waals surface area contributed by atoms with Crippen molar-refractivity contribution >= 4 is 17.7 Å². The second-order valence-electron chi connectivity index (χ2n) is 10.1. The zero-order valence-corrected chi connectivity index (χ0v) is 19.4. The summed E-state index contributed by atoms with van der Waals surface area (Å²) in [5.41, 5.74) is -0.313. The van der Waals surface area contributed by atoms with E-state index < -0.39 is 17.1 Å². The summed E-state index contributed by atoms with van der Waals surface area (Å²) in [7, 11) is 0. The highest BCUT2D eigenvalue weighted by atomic mass is 19.1. The Labute approximate surface area is 199 Å². The quantitative estimate of drug-likeness (QED) is 0.539. The highest BCUT2D eigenvalue weighted by Crippen LogP contribution is 2.44. The molecule has 0 aromatic heterocycles. The molecule has 2 saturated carbocycles. The molecule has 0 unspecified atom stereocenters. The predicted molar refractivity (Wildman–Crippen MR) is 126 cm³/mol. The van der Waals surface area contributed by atoms with Gasteiger partial charge in [0.25, 0.3) is 0 Å². The van der Waals surface area contributed by atoms with Gasteiger partial charge in [-0.15, -0.1) is 0 Å². The first-order chi connectivity index (χ1) is 16.5. The van der Waals surface area contributed by atoms with E-state index in [1.807, 2.05) is 30.3 Å². The lowest BCUT2D eigenvalue weighted by molar-refractivity contribution is -0.145. The van der Waals surface area contributed by atoms with E-state index in [1.165, 1.54) is 11.0 Å². The number of hydrogen-bond donors (Lipinski definition) is 0. The average Bonchev–Trinajstić information content (AvgIpc) is 3.42. The molecular formula is C28H31FN2O3. The number of nitrogens with zero attached hydrogens (tertiary/aromatic N) is 2. The van der Waals surface area contributed by atoms with Crippen LogP contribution in [-0.4, -0.2) is 40.1 Å². The Morgan fingerprint density at radius 1 is 0.971 bits per heavy atom. The van der Waals surface area contributed by atoms with Crippen LogP contribution in [-0.2, 0) is 26.3 Å². The highest BCUT2D eigenvalue weighted by molar-refractivity contribution is 6.11. The van der Waals surface area contributed by atoms with E-state index >= 15 is 4.39 Å². The van der Waals surface area contributed by atoms with E-state index in [9.17, 15) is 14.4 Å². The van der Waals surface area contributed by atoms with Gasteiger partial charge in [0.15, 0.2) is 0 Å². The Hall–Kier alpha value is -3.02. The summed E-state index contributed by atoms with van der Waals surface area (Å²) >= 11 is 0. The van der Waals surface area contributed by atoms with Gasteiger partial charge < -0.3 is 4.90 Å². The van der Waals surface area contributed by atoms with Gasteiger partial charge in [-0.1, -0.05) is 61.4 Å². The van der Waals surface area contributed by atoms with Crippen molar-refractivity contribution in [3.63, 3.8) is 0 Å². The maximum absolute atomic E-state index is 15.1. The average molecular weight is 463 g/mol. The SMILES string of the molecule is O=C(C[C@@]1(c2ccccc2F)CC(=O)N(C2CCCC2)C1=O)N(Cc1ccccc1)CC1CC1. The molecule has 1 atom stereocenters. The molecule has 34 heavy (non-hydrogen) atoms. The fraction of sp³-hybridized carbons (Fsp3) is 0.464. The largest absolute Gasteiger partial charge is 0.338 e. The normalized spacial score (nSPS) is 23.0. The lowest BCUT2D eigenvalue weighted by Crippen LogP contribution is -2.46. The van der Waals surface area contributed by atoms with Gasteiger partial charge in [-0.05, 0) is 43.2 Å². The van der Waals surface area contributed by atoms with Gasteiger partial charge in [0.1, 0.15) is 5.82 Å². The Balaban J connectivity index is 1.48. The Morgan fingerprint density at radius 3 is 2.32 bits per heavy atom. The number of amides is 3. The number of imide groups is 1. The summed E-state index contributed by atoms with van der Waals surface area (Å²) in [6.45, 7) is 1.06. The van der Waals surface area contributed by atoms with Crippen molar-refractivity contribution in [3.05, 3.63) is 71.5 Å². The number of carbonyl (C=O) groups is 3. The molecule has 1 saturated heterocycles. The van der Waals surface area contributed by atoms with Gasteiger partial charge in [0.05, 0.1) is 5.41 Å². The van der Waals surface area contributed by atoms with Gasteiger partial charge >= 0.3 is 0 Å². The molecule has 3 aliphatic rings. The van der Waals surface area contributed by atoms with Crippen molar-refractivity contribution in [1.82, 2.24) is 9.80 Å². The van der Waals surface area contributed by atoms with Crippen LogP contribution in [0.15, 0.2) is 54.6 Å². The lowest BCUT2D eigenvalue weighted by atomic mass is 9.75. The fourth-order valence-electron chi connectivity index (χ4n) is 5.63. The third-order valence-electron chi connectivity index (χ3n) is 7.63. The van der Waals surface area contributed by atoms with Crippen LogP contribution in [0.4, 0.5) is 4.39 Å². The maximum atomic E-state index is 15.1.